The highest BCUT2D eigenvalue weighted by molar-refractivity contribution is 6.36. The number of anilines is 1. The fraction of sp³-hybridized carbons (Fsp3) is 0.192. The van der Waals surface area contributed by atoms with E-state index in [2.05, 4.69) is 9.88 Å². The van der Waals surface area contributed by atoms with Crippen LogP contribution in [-0.4, -0.2) is 27.2 Å². The van der Waals surface area contributed by atoms with Gasteiger partial charge in [-0.3, -0.25) is 4.79 Å². The average molecular weight is 510 g/mol. The summed E-state index contributed by atoms with van der Waals surface area (Å²) in [5.74, 6) is -0.857. The van der Waals surface area contributed by atoms with Gasteiger partial charge in [0.1, 0.15) is 11.6 Å². The molecule has 0 saturated carbocycles. The van der Waals surface area contributed by atoms with Crippen LogP contribution in [-0.2, 0) is 13.0 Å². The van der Waals surface area contributed by atoms with Crippen LogP contribution < -0.4 is 10.6 Å². The number of benzene rings is 2. The average Bonchev–Trinajstić information content (AvgIpc) is 3.16. The first-order valence-electron chi connectivity index (χ1n) is 11.1. The van der Waals surface area contributed by atoms with Crippen molar-refractivity contribution in [3.63, 3.8) is 0 Å². The maximum atomic E-state index is 14.9. The largest absolute Gasteiger partial charge is 0.366 e. The van der Waals surface area contributed by atoms with E-state index in [0.717, 1.165) is 33.8 Å². The number of fused-ring (bicyclic) bond motifs is 1. The van der Waals surface area contributed by atoms with Crippen molar-refractivity contribution in [3.8, 4) is 16.9 Å². The van der Waals surface area contributed by atoms with E-state index in [1.807, 2.05) is 36.7 Å². The molecule has 178 valence electrons. The third-order valence-electron chi connectivity index (χ3n) is 6.28. The molecule has 2 aromatic carbocycles. The summed E-state index contributed by atoms with van der Waals surface area (Å²) in [4.78, 5) is 18.1. The Labute approximate surface area is 212 Å². The maximum absolute atomic E-state index is 14.9. The second-order valence-electron chi connectivity index (χ2n) is 8.62. The van der Waals surface area contributed by atoms with Crippen molar-refractivity contribution in [1.29, 1.82) is 0 Å². The van der Waals surface area contributed by atoms with Gasteiger partial charge < -0.3 is 10.6 Å². The van der Waals surface area contributed by atoms with Gasteiger partial charge in [0.05, 0.1) is 32.7 Å². The van der Waals surface area contributed by atoms with Gasteiger partial charge in [0.25, 0.3) is 5.91 Å². The standard InChI is InChI=1S/C26H22Cl2FN5O/c1-14-4-3-5-15(2)23(14)34-24(16-6-7-18(25(30)35)21(29)10-16)19-13-33(9-8-22(19)32-34)26-20(28)11-17(27)12-31-26/h3-7,10-12H,8-9,13H2,1-2H3,(H2,30,35). The molecule has 0 aliphatic carbocycles. The molecule has 0 unspecified atom stereocenters. The molecule has 2 N–H and O–H groups in total. The number of nitrogens with two attached hydrogens (primary N) is 1. The van der Waals surface area contributed by atoms with Crippen LogP contribution in [0.3, 0.4) is 0 Å². The Bertz CT molecular complexity index is 1460. The molecule has 6 nitrogen and oxygen atoms in total. The fourth-order valence-electron chi connectivity index (χ4n) is 4.65. The summed E-state index contributed by atoms with van der Waals surface area (Å²) in [5.41, 5.74) is 11.4. The van der Waals surface area contributed by atoms with Crippen molar-refractivity contribution in [2.45, 2.75) is 26.8 Å². The predicted molar refractivity (Wildman–Crippen MR) is 136 cm³/mol. The number of pyridine rings is 1. The van der Waals surface area contributed by atoms with Crippen molar-refractivity contribution < 1.29 is 9.18 Å². The SMILES string of the molecule is Cc1cccc(C)c1-n1nc2c(c1-c1ccc(C(N)=O)c(F)c1)CN(c1ncc(Cl)cc1Cl)CC2. The number of hydrogen-bond donors (Lipinski definition) is 1. The first-order chi connectivity index (χ1) is 16.7. The van der Waals surface area contributed by atoms with Crippen molar-refractivity contribution in [3.05, 3.63) is 92.5 Å². The van der Waals surface area contributed by atoms with Gasteiger partial charge in [-0.25, -0.2) is 14.1 Å². The summed E-state index contributed by atoms with van der Waals surface area (Å²) in [6.07, 6.45) is 2.22. The van der Waals surface area contributed by atoms with Crippen LogP contribution in [0, 0.1) is 19.7 Å². The summed E-state index contributed by atoms with van der Waals surface area (Å²) >= 11 is 12.5. The van der Waals surface area contributed by atoms with Crippen LogP contribution in [0.25, 0.3) is 16.9 Å². The van der Waals surface area contributed by atoms with Gasteiger partial charge in [-0.1, -0.05) is 47.5 Å². The molecule has 0 bridgehead atoms. The van der Waals surface area contributed by atoms with Crippen LogP contribution in [0.1, 0.15) is 32.7 Å². The molecule has 3 heterocycles. The van der Waals surface area contributed by atoms with Gasteiger partial charge in [-0.05, 0) is 43.2 Å². The first kappa shape index (κ1) is 23.3. The first-order valence-corrected chi connectivity index (χ1v) is 11.8. The highest BCUT2D eigenvalue weighted by Gasteiger charge is 2.29. The molecule has 0 fully saturated rings. The number of rotatable bonds is 4. The van der Waals surface area contributed by atoms with Gasteiger partial charge in [0, 0.05) is 36.8 Å². The molecule has 2 aromatic heterocycles. The summed E-state index contributed by atoms with van der Waals surface area (Å²) in [6, 6.07) is 12.2. The molecule has 0 radical (unpaired) electrons. The number of halogens is 3. The van der Waals surface area contributed by atoms with Gasteiger partial charge in [-0.2, -0.15) is 5.10 Å². The van der Waals surface area contributed by atoms with E-state index in [0.29, 0.717) is 40.9 Å². The van der Waals surface area contributed by atoms with Gasteiger partial charge >= 0.3 is 0 Å². The monoisotopic (exact) mass is 509 g/mol. The Balaban J connectivity index is 1.71. The number of carbonyl (C=O) groups excluding carboxylic acids is 1. The molecule has 1 aliphatic heterocycles. The minimum Gasteiger partial charge on any atom is -0.366 e. The Morgan fingerprint density at radius 1 is 1.11 bits per heavy atom. The third kappa shape index (κ3) is 4.15. The Kier molecular flexibility index (Phi) is 5.99. The van der Waals surface area contributed by atoms with E-state index in [-0.39, 0.29) is 5.56 Å². The molecule has 1 amide bonds. The molecule has 35 heavy (non-hydrogen) atoms. The van der Waals surface area contributed by atoms with Crippen LogP contribution in [0.2, 0.25) is 10.0 Å². The topological polar surface area (TPSA) is 77.0 Å². The lowest BCUT2D eigenvalue weighted by molar-refractivity contribution is 0.0996. The minimum absolute atomic E-state index is 0.153. The second-order valence-corrected chi connectivity index (χ2v) is 9.46. The maximum Gasteiger partial charge on any atom is 0.251 e. The van der Waals surface area contributed by atoms with Crippen molar-refractivity contribution in [2.75, 3.05) is 11.4 Å². The fourth-order valence-corrected chi connectivity index (χ4v) is 5.15. The Morgan fingerprint density at radius 3 is 2.51 bits per heavy atom. The van der Waals surface area contributed by atoms with Crippen LogP contribution in [0.15, 0.2) is 48.7 Å². The predicted octanol–water partition coefficient (Wildman–Crippen LogP) is 5.66. The summed E-state index contributed by atoms with van der Waals surface area (Å²) in [5, 5.41) is 5.89. The number of aryl methyl sites for hydroxylation is 2. The summed E-state index contributed by atoms with van der Waals surface area (Å²) in [6.45, 7) is 5.18. The van der Waals surface area contributed by atoms with E-state index in [1.54, 1.807) is 18.3 Å². The van der Waals surface area contributed by atoms with E-state index >= 15 is 0 Å². The molecule has 0 spiro atoms. The number of aromatic nitrogens is 3. The Morgan fingerprint density at radius 2 is 1.86 bits per heavy atom. The minimum atomic E-state index is -0.811. The van der Waals surface area contributed by atoms with E-state index in [1.165, 1.54) is 12.1 Å². The van der Waals surface area contributed by atoms with E-state index < -0.39 is 11.7 Å². The number of nitrogens with zero attached hydrogens (tertiary/aromatic N) is 4. The number of carbonyl (C=O) groups is 1. The smallest absolute Gasteiger partial charge is 0.251 e. The number of amides is 1. The van der Waals surface area contributed by atoms with Crippen molar-refractivity contribution in [1.82, 2.24) is 14.8 Å². The van der Waals surface area contributed by atoms with Crippen LogP contribution in [0.5, 0.6) is 0 Å². The highest BCUT2D eigenvalue weighted by atomic mass is 35.5. The van der Waals surface area contributed by atoms with Crippen LogP contribution in [0.4, 0.5) is 10.2 Å². The molecule has 9 heteroatoms. The number of para-hydroxylation sites is 1. The lowest BCUT2D eigenvalue weighted by atomic mass is 9.99. The molecular formula is C26H22Cl2FN5O. The zero-order chi connectivity index (χ0) is 24.9. The highest BCUT2D eigenvalue weighted by Crippen LogP contribution is 2.37. The molecule has 0 saturated heterocycles. The quantitative estimate of drug-likeness (QED) is 0.385. The van der Waals surface area contributed by atoms with Gasteiger partial charge in [0.2, 0.25) is 0 Å². The summed E-state index contributed by atoms with van der Waals surface area (Å²) < 4.78 is 16.8. The van der Waals surface area contributed by atoms with E-state index in [9.17, 15) is 9.18 Å². The molecule has 1 aliphatic rings. The molecule has 0 atom stereocenters. The normalized spacial score (nSPS) is 13.1. The lowest BCUT2D eigenvalue weighted by Gasteiger charge is -2.28. The van der Waals surface area contributed by atoms with E-state index in [4.69, 9.17) is 34.0 Å². The summed E-state index contributed by atoms with van der Waals surface area (Å²) in [7, 11) is 0. The van der Waals surface area contributed by atoms with Crippen LogP contribution >= 0.6 is 23.2 Å². The molecular weight excluding hydrogens is 488 g/mol. The van der Waals surface area contributed by atoms with Gasteiger partial charge in [0.15, 0.2) is 0 Å². The lowest BCUT2D eigenvalue weighted by Crippen LogP contribution is -2.31. The zero-order valence-corrected chi connectivity index (χ0v) is 20.7. The number of primary amides is 1. The van der Waals surface area contributed by atoms with Gasteiger partial charge in [-0.15, -0.1) is 0 Å². The molecule has 5 rings (SSSR count). The second kappa shape index (κ2) is 8.98. The Hall–Kier alpha value is -3.42. The van der Waals surface area contributed by atoms with Crippen molar-refractivity contribution >= 4 is 34.9 Å². The third-order valence-corrected chi connectivity index (χ3v) is 6.77. The molecule has 4 aromatic rings. The number of hydrogen-bond acceptors (Lipinski definition) is 4. The van der Waals surface area contributed by atoms with Crippen molar-refractivity contribution in [2.24, 2.45) is 5.73 Å². The zero-order valence-electron chi connectivity index (χ0n) is 19.1.